The second-order valence-electron chi connectivity index (χ2n) is 6.82. The van der Waals surface area contributed by atoms with Gasteiger partial charge in [-0.3, -0.25) is 4.79 Å². The largest absolute Gasteiger partial charge is 0.468 e. The lowest BCUT2D eigenvalue weighted by Crippen LogP contribution is -2.13. The minimum absolute atomic E-state index is 0.129. The van der Waals surface area contributed by atoms with Crippen LogP contribution in [0.25, 0.3) is 22.3 Å². The molecule has 3 N–H and O–H groups in total. The molecule has 0 spiro atoms. The molecule has 28 heavy (non-hydrogen) atoms. The van der Waals surface area contributed by atoms with Crippen LogP contribution in [0.1, 0.15) is 21.5 Å². The number of ether oxygens (including phenoxy) is 2. The number of hydrogen-bond acceptors (Lipinski definition) is 4. The number of hydrogen-bond donors (Lipinski definition) is 2. The standard InChI is InChI=1S/C23H22N2O3/c1-14-8-9-16(28-13-27-2)10-17(14)19-11-18(15-6-4-3-5-7-15)20-12-25-23(26)21(20)22(19)24/h3-11H,12-13,24H2,1-2H3,(H,25,26). The number of carbonyl (C=O) groups is 1. The Morgan fingerprint density at radius 3 is 2.57 bits per heavy atom. The van der Waals surface area contributed by atoms with Gasteiger partial charge in [-0.1, -0.05) is 36.4 Å². The molecule has 1 aliphatic heterocycles. The van der Waals surface area contributed by atoms with Gasteiger partial charge in [-0.05, 0) is 52.9 Å². The van der Waals surface area contributed by atoms with E-state index in [9.17, 15) is 4.79 Å². The fourth-order valence-corrected chi connectivity index (χ4v) is 3.65. The second kappa shape index (κ2) is 7.37. The average Bonchev–Trinajstić information content (AvgIpc) is 3.11. The minimum Gasteiger partial charge on any atom is -0.468 e. The van der Waals surface area contributed by atoms with Crippen molar-refractivity contribution in [1.29, 1.82) is 0 Å². The summed E-state index contributed by atoms with van der Waals surface area (Å²) in [7, 11) is 1.58. The van der Waals surface area contributed by atoms with E-state index in [1.165, 1.54) is 0 Å². The SMILES string of the molecule is COCOc1ccc(C)c(-c2cc(-c3ccccc3)c3c(c2N)C(=O)NC3)c1. The summed E-state index contributed by atoms with van der Waals surface area (Å²) in [4.78, 5) is 12.5. The molecule has 5 heteroatoms. The summed E-state index contributed by atoms with van der Waals surface area (Å²) in [6, 6.07) is 17.9. The van der Waals surface area contributed by atoms with Crippen molar-refractivity contribution in [2.75, 3.05) is 19.6 Å². The molecule has 4 rings (SSSR count). The van der Waals surface area contributed by atoms with Crippen molar-refractivity contribution >= 4 is 11.6 Å². The van der Waals surface area contributed by atoms with Gasteiger partial charge >= 0.3 is 0 Å². The number of anilines is 1. The number of methoxy groups -OCH3 is 1. The molecular formula is C23H22N2O3. The fraction of sp³-hybridized carbons (Fsp3) is 0.174. The van der Waals surface area contributed by atoms with Crippen LogP contribution in [0.2, 0.25) is 0 Å². The second-order valence-corrected chi connectivity index (χ2v) is 6.82. The van der Waals surface area contributed by atoms with E-state index in [4.69, 9.17) is 15.2 Å². The van der Waals surface area contributed by atoms with Crippen LogP contribution in [0.3, 0.4) is 0 Å². The number of benzene rings is 3. The number of nitrogen functional groups attached to an aromatic ring is 1. The summed E-state index contributed by atoms with van der Waals surface area (Å²) in [6.45, 7) is 2.67. The molecule has 0 aromatic heterocycles. The van der Waals surface area contributed by atoms with Gasteiger partial charge in [0.1, 0.15) is 5.75 Å². The molecule has 1 amide bonds. The van der Waals surface area contributed by atoms with Gasteiger partial charge in [-0.2, -0.15) is 0 Å². The highest BCUT2D eigenvalue weighted by Gasteiger charge is 2.28. The summed E-state index contributed by atoms with van der Waals surface area (Å²) >= 11 is 0. The number of carbonyl (C=O) groups excluding carboxylic acids is 1. The third-order valence-electron chi connectivity index (χ3n) is 5.06. The maximum atomic E-state index is 12.5. The monoisotopic (exact) mass is 374 g/mol. The van der Waals surface area contributed by atoms with Crippen LogP contribution < -0.4 is 15.8 Å². The Bertz CT molecular complexity index is 1050. The first-order chi connectivity index (χ1) is 13.6. The van der Waals surface area contributed by atoms with E-state index in [0.717, 1.165) is 33.4 Å². The summed E-state index contributed by atoms with van der Waals surface area (Å²) in [6.07, 6.45) is 0. The van der Waals surface area contributed by atoms with Crippen LogP contribution in [-0.2, 0) is 11.3 Å². The van der Waals surface area contributed by atoms with E-state index < -0.39 is 0 Å². The van der Waals surface area contributed by atoms with Crippen molar-refractivity contribution in [3.8, 4) is 28.0 Å². The Kier molecular flexibility index (Phi) is 4.75. The van der Waals surface area contributed by atoms with Gasteiger partial charge < -0.3 is 20.5 Å². The van der Waals surface area contributed by atoms with Crippen molar-refractivity contribution < 1.29 is 14.3 Å². The third-order valence-corrected chi connectivity index (χ3v) is 5.06. The van der Waals surface area contributed by atoms with E-state index in [-0.39, 0.29) is 12.7 Å². The Labute approximate surface area is 164 Å². The quantitative estimate of drug-likeness (QED) is 0.520. The summed E-state index contributed by atoms with van der Waals surface area (Å²) in [5.41, 5.74) is 13.4. The van der Waals surface area contributed by atoms with Crippen LogP contribution in [0.15, 0.2) is 54.6 Å². The summed E-state index contributed by atoms with van der Waals surface area (Å²) < 4.78 is 10.6. The molecule has 1 aliphatic rings. The number of amides is 1. The van der Waals surface area contributed by atoms with Crippen molar-refractivity contribution in [2.24, 2.45) is 0 Å². The molecule has 142 valence electrons. The van der Waals surface area contributed by atoms with Crippen LogP contribution in [0, 0.1) is 6.92 Å². The van der Waals surface area contributed by atoms with Gasteiger partial charge in [-0.15, -0.1) is 0 Å². The zero-order chi connectivity index (χ0) is 19.7. The lowest BCUT2D eigenvalue weighted by Gasteiger charge is -2.17. The Balaban J connectivity index is 1.94. The molecular weight excluding hydrogens is 352 g/mol. The first-order valence-corrected chi connectivity index (χ1v) is 9.12. The maximum Gasteiger partial charge on any atom is 0.254 e. The van der Waals surface area contributed by atoms with E-state index in [0.29, 0.717) is 23.5 Å². The van der Waals surface area contributed by atoms with E-state index in [1.807, 2.05) is 55.5 Å². The molecule has 1 heterocycles. The van der Waals surface area contributed by atoms with Crippen molar-refractivity contribution in [1.82, 2.24) is 5.32 Å². The van der Waals surface area contributed by atoms with Crippen molar-refractivity contribution in [3.63, 3.8) is 0 Å². The first kappa shape index (κ1) is 18.1. The molecule has 0 aliphatic carbocycles. The topological polar surface area (TPSA) is 73.6 Å². The molecule has 0 fully saturated rings. The minimum atomic E-state index is -0.129. The van der Waals surface area contributed by atoms with Gasteiger partial charge in [0.2, 0.25) is 0 Å². The number of nitrogens with two attached hydrogens (primary N) is 1. The zero-order valence-corrected chi connectivity index (χ0v) is 15.9. The maximum absolute atomic E-state index is 12.5. The van der Waals surface area contributed by atoms with Gasteiger partial charge in [0.25, 0.3) is 5.91 Å². The first-order valence-electron chi connectivity index (χ1n) is 9.12. The molecule has 0 unspecified atom stereocenters. The molecule has 5 nitrogen and oxygen atoms in total. The highest BCUT2D eigenvalue weighted by Crippen LogP contribution is 2.41. The van der Waals surface area contributed by atoms with Crippen LogP contribution in [0.5, 0.6) is 5.75 Å². The molecule has 0 radical (unpaired) electrons. The molecule has 0 saturated carbocycles. The molecule has 0 bridgehead atoms. The summed E-state index contributed by atoms with van der Waals surface area (Å²) in [5, 5.41) is 2.91. The highest BCUT2D eigenvalue weighted by molar-refractivity contribution is 6.08. The van der Waals surface area contributed by atoms with Gasteiger partial charge in [-0.25, -0.2) is 0 Å². The van der Waals surface area contributed by atoms with E-state index in [2.05, 4.69) is 11.4 Å². The van der Waals surface area contributed by atoms with Crippen molar-refractivity contribution in [3.05, 3.63) is 71.3 Å². The van der Waals surface area contributed by atoms with E-state index in [1.54, 1.807) is 7.11 Å². The Hall–Kier alpha value is -3.31. The fourth-order valence-electron chi connectivity index (χ4n) is 3.65. The summed E-state index contributed by atoms with van der Waals surface area (Å²) in [5.74, 6) is 0.559. The molecule has 3 aromatic rings. The molecule has 0 atom stereocenters. The number of nitrogens with one attached hydrogen (secondary N) is 1. The third kappa shape index (κ3) is 3.10. The molecule has 0 saturated heterocycles. The Morgan fingerprint density at radius 1 is 1.04 bits per heavy atom. The predicted molar refractivity (Wildman–Crippen MR) is 110 cm³/mol. The van der Waals surface area contributed by atoms with Gasteiger partial charge in [0.15, 0.2) is 6.79 Å². The predicted octanol–water partition coefficient (Wildman–Crippen LogP) is 4.14. The Morgan fingerprint density at radius 2 is 1.82 bits per heavy atom. The van der Waals surface area contributed by atoms with Crippen molar-refractivity contribution in [2.45, 2.75) is 13.5 Å². The average molecular weight is 374 g/mol. The zero-order valence-electron chi connectivity index (χ0n) is 15.9. The van der Waals surface area contributed by atoms with Crippen LogP contribution in [-0.4, -0.2) is 19.8 Å². The van der Waals surface area contributed by atoms with Crippen LogP contribution in [0.4, 0.5) is 5.69 Å². The highest BCUT2D eigenvalue weighted by atomic mass is 16.7. The number of fused-ring (bicyclic) bond motifs is 1. The lowest BCUT2D eigenvalue weighted by molar-refractivity contribution is 0.0511. The number of rotatable bonds is 5. The molecule has 3 aromatic carbocycles. The van der Waals surface area contributed by atoms with Gasteiger partial charge in [0, 0.05) is 19.2 Å². The lowest BCUT2D eigenvalue weighted by atomic mass is 9.88. The van der Waals surface area contributed by atoms with Gasteiger partial charge in [0.05, 0.1) is 11.3 Å². The van der Waals surface area contributed by atoms with Crippen LogP contribution >= 0.6 is 0 Å². The number of aryl methyl sites for hydroxylation is 1. The normalized spacial score (nSPS) is 12.6. The van der Waals surface area contributed by atoms with E-state index >= 15 is 0 Å². The smallest absolute Gasteiger partial charge is 0.254 e.